The number of hydrogen-bond donors (Lipinski definition) is 1. The van der Waals surface area contributed by atoms with Crippen molar-refractivity contribution >= 4 is 45.1 Å². The van der Waals surface area contributed by atoms with Gasteiger partial charge in [0.05, 0.1) is 37.9 Å². The maximum atomic E-state index is 13.7. The molecule has 0 unspecified atom stereocenters. The quantitative estimate of drug-likeness (QED) is 0.164. The van der Waals surface area contributed by atoms with E-state index in [9.17, 15) is 9.90 Å². The van der Waals surface area contributed by atoms with E-state index < -0.39 is 5.63 Å². The predicted octanol–water partition coefficient (Wildman–Crippen LogP) is 8.85. The highest BCUT2D eigenvalue weighted by Crippen LogP contribution is 2.43. The van der Waals surface area contributed by atoms with Gasteiger partial charge in [0.2, 0.25) is 0 Å². The average molecular weight is 590 g/mol. The molecule has 8 heteroatoms. The standard InChI is InChI=1S/C34H21Cl2N3O3/c1-19-12-13-22-28(16-19)42-34(41)29-23(17-26(37-33(22)29)30-27(40)15-14-25(35)31(30)36)24-18-39(21-10-6-3-7-11-21)38-32(24)20-8-4-2-5-9-20/h2-18,40H,1H3. The summed E-state index contributed by atoms with van der Waals surface area (Å²) in [5.41, 5.74) is 5.40. The Morgan fingerprint density at radius 3 is 2.36 bits per heavy atom. The van der Waals surface area contributed by atoms with Crippen LogP contribution in [-0.2, 0) is 0 Å². The first kappa shape index (κ1) is 26.0. The lowest BCUT2D eigenvalue weighted by Crippen LogP contribution is -2.05. The van der Waals surface area contributed by atoms with Crippen LogP contribution >= 0.6 is 23.2 Å². The fraction of sp³-hybridized carbons (Fsp3) is 0.0294. The van der Waals surface area contributed by atoms with Crippen molar-refractivity contribution in [3.05, 3.63) is 129 Å². The summed E-state index contributed by atoms with van der Waals surface area (Å²) in [7, 11) is 0. The molecule has 0 fully saturated rings. The van der Waals surface area contributed by atoms with Crippen molar-refractivity contribution in [1.29, 1.82) is 0 Å². The molecule has 0 aliphatic rings. The molecule has 0 aliphatic heterocycles. The van der Waals surface area contributed by atoms with E-state index in [1.165, 1.54) is 12.1 Å². The molecule has 4 aromatic carbocycles. The van der Waals surface area contributed by atoms with E-state index in [-0.39, 0.29) is 26.7 Å². The minimum Gasteiger partial charge on any atom is -0.507 e. The number of aryl methyl sites for hydroxylation is 1. The van der Waals surface area contributed by atoms with Crippen LogP contribution in [0.1, 0.15) is 5.56 Å². The number of phenolic OH excluding ortho intramolecular Hbond substituents is 1. The first-order valence-electron chi connectivity index (χ1n) is 13.2. The zero-order valence-electron chi connectivity index (χ0n) is 22.2. The molecule has 7 rings (SSSR count). The summed E-state index contributed by atoms with van der Waals surface area (Å²) in [6, 6.07) is 29.8. The zero-order chi connectivity index (χ0) is 29.0. The lowest BCUT2D eigenvalue weighted by molar-refractivity contribution is 0.477. The normalized spacial score (nSPS) is 11.4. The molecule has 0 bridgehead atoms. The number of pyridine rings is 1. The van der Waals surface area contributed by atoms with Crippen molar-refractivity contribution in [2.24, 2.45) is 0 Å². The fourth-order valence-electron chi connectivity index (χ4n) is 5.22. The number of phenols is 1. The second-order valence-electron chi connectivity index (χ2n) is 9.96. The van der Waals surface area contributed by atoms with Gasteiger partial charge in [-0.25, -0.2) is 14.5 Å². The van der Waals surface area contributed by atoms with E-state index in [4.69, 9.17) is 37.7 Å². The highest BCUT2D eigenvalue weighted by molar-refractivity contribution is 6.44. The van der Waals surface area contributed by atoms with Gasteiger partial charge in [0.25, 0.3) is 0 Å². The summed E-state index contributed by atoms with van der Waals surface area (Å²) in [5.74, 6) is -0.0893. The van der Waals surface area contributed by atoms with Gasteiger partial charge in [0.1, 0.15) is 17.0 Å². The van der Waals surface area contributed by atoms with Gasteiger partial charge in [-0.15, -0.1) is 0 Å². The molecule has 0 saturated carbocycles. The highest BCUT2D eigenvalue weighted by Gasteiger charge is 2.24. The molecule has 0 amide bonds. The molecular weight excluding hydrogens is 569 g/mol. The number of benzene rings is 4. The summed E-state index contributed by atoms with van der Waals surface area (Å²) in [6.07, 6.45) is 1.88. The molecule has 204 valence electrons. The van der Waals surface area contributed by atoms with Crippen LogP contribution in [0.15, 0.2) is 112 Å². The Balaban J connectivity index is 1.64. The number of halogens is 2. The minimum absolute atomic E-state index is 0.0893. The number of rotatable bonds is 4. The third-order valence-electron chi connectivity index (χ3n) is 7.22. The molecule has 0 saturated heterocycles. The Morgan fingerprint density at radius 2 is 1.60 bits per heavy atom. The van der Waals surface area contributed by atoms with Gasteiger partial charge in [-0.1, -0.05) is 77.8 Å². The Labute approximate surface area is 250 Å². The summed E-state index contributed by atoms with van der Waals surface area (Å²) in [6.45, 7) is 1.92. The average Bonchev–Trinajstić information content (AvgIpc) is 3.45. The van der Waals surface area contributed by atoms with E-state index in [1.54, 1.807) is 16.8 Å². The first-order valence-corrected chi connectivity index (χ1v) is 13.9. The molecule has 0 aliphatic carbocycles. The molecule has 0 atom stereocenters. The summed E-state index contributed by atoms with van der Waals surface area (Å²) in [5, 5.41) is 17.2. The predicted molar refractivity (Wildman–Crippen MR) is 168 cm³/mol. The second kappa shape index (κ2) is 10.2. The number of fused-ring (bicyclic) bond motifs is 3. The molecule has 3 heterocycles. The summed E-state index contributed by atoms with van der Waals surface area (Å²) in [4.78, 5) is 18.6. The maximum Gasteiger partial charge on any atom is 0.346 e. The van der Waals surface area contributed by atoms with Gasteiger partial charge in [0.15, 0.2) is 0 Å². The van der Waals surface area contributed by atoms with E-state index in [1.807, 2.05) is 85.9 Å². The van der Waals surface area contributed by atoms with Gasteiger partial charge in [0, 0.05) is 28.3 Å². The van der Waals surface area contributed by atoms with Crippen molar-refractivity contribution in [3.63, 3.8) is 0 Å². The Morgan fingerprint density at radius 1 is 0.857 bits per heavy atom. The van der Waals surface area contributed by atoms with Gasteiger partial charge in [-0.05, 0) is 55.0 Å². The molecule has 6 nitrogen and oxygen atoms in total. The minimum atomic E-state index is -0.537. The van der Waals surface area contributed by atoms with Crippen LogP contribution in [0.3, 0.4) is 0 Å². The Kier molecular flexibility index (Phi) is 6.30. The van der Waals surface area contributed by atoms with Crippen LogP contribution in [0.25, 0.3) is 61.2 Å². The smallest absolute Gasteiger partial charge is 0.346 e. The van der Waals surface area contributed by atoms with E-state index >= 15 is 0 Å². The van der Waals surface area contributed by atoms with Gasteiger partial charge >= 0.3 is 5.63 Å². The largest absolute Gasteiger partial charge is 0.507 e. The third-order valence-corrected chi connectivity index (χ3v) is 8.02. The van der Waals surface area contributed by atoms with Crippen LogP contribution in [0, 0.1) is 6.92 Å². The van der Waals surface area contributed by atoms with E-state index in [2.05, 4.69) is 0 Å². The second-order valence-corrected chi connectivity index (χ2v) is 10.7. The van der Waals surface area contributed by atoms with Crippen LogP contribution < -0.4 is 5.63 Å². The molecule has 3 aromatic heterocycles. The first-order chi connectivity index (χ1) is 20.4. The monoisotopic (exact) mass is 589 g/mol. The SMILES string of the molecule is Cc1ccc2c(c1)oc(=O)c1c(-c3cn(-c4ccccc4)nc3-c3ccccc3)cc(-c3c(O)ccc(Cl)c3Cl)nc12. The zero-order valence-corrected chi connectivity index (χ0v) is 23.7. The van der Waals surface area contributed by atoms with Crippen LogP contribution in [0.4, 0.5) is 0 Å². The molecule has 42 heavy (non-hydrogen) atoms. The van der Waals surface area contributed by atoms with Crippen LogP contribution in [-0.4, -0.2) is 19.9 Å². The van der Waals surface area contributed by atoms with Crippen molar-refractivity contribution in [2.75, 3.05) is 0 Å². The topological polar surface area (TPSA) is 81.2 Å². The van der Waals surface area contributed by atoms with Gasteiger partial charge in [-0.3, -0.25) is 0 Å². The summed E-state index contributed by atoms with van der Waals surface area (Å²) < 4.78 is 7.63. The van der Waals surface area contributed by atoms with Gasteiger partial charge in [-0.2, -0.15) is 5.10 Å². The van der Waals surface area contributed by atoms with E-state index in [0.717, 1.165) is 16.8 Å². The fourth-order valence-corrected chi connectivity index (χ4v) is 5.64. The maximum absolute atomic E-state index is 13.7. The van der Waals surface area contributed by atoms with Crippen LogP contribution in [0.2, 0.25) is 10.0 Å². The third kappa shape index (κ3) is 4.33. The molecule has 0 spiro atoms. The Bertz CT molecular complexity index is 2210. The van der Waals surface area contributed by atoms with Crippen molar-refractivity contribution in [3.8, 4) is 45.1 Å². The lowest BCUT2D eigenvalue weighted by Gasteiger charge is -2.13. The summed E-state index contributed by atoms with van der Waals surface area (Å²) >= 11 is 13.0. The van der Waals surface area contributed by atoms with Crippen LogP contribution in [0.5, 0.6) is 5.75 Å². The number of para-hydroxylation sites is 1. The van der Waals surface area contributed by atoms with Crippen molar-refractivity contribution < 1.29 is 9.52 Å². The number of aromatic hydroxyl groups is 1. The van der Waals surface area contributed by atoms with Gasteiger partial charge < -0.3 is 9.52 Å². The molecular formula is C34H21Cl2N3O3. The number of hydrogen-bond acceptors (Lipinski definition) is 5. The van der Waals surface area contributed by atoms with Crippen molar-refractivity contribution in [2.45, 2.75) is 6.92 Å². The molecule has 1 N–H and O–H groups in total. The van der Waals surface area contributed by atoms with E-state index in [0.29, 0.717) is 39.0 Å². The molecule has 0 radical (unpaired) electrons. The molecule has 7 aromatic rings. The lowest BCUT2D eigenvalue weighted by atomic mass is 9.96. The number of aromatic nitrogens is 3. The van der Waals surface area contributed by atoms with Crippen molar-refractivity contribution in [1.82, 2.24) is 14.8 Å². The number of nitrogens with zero attached hydrogens (tertiary/aromatic N) is 3. The Hall–Kier alpha value is -4.91. The highest BCUT2D eigenvalue weighted by atomic mass is 35.5.